The summed E-state index contributed by atoms with van der Waals surface area (Å²) in [4.78, 5) is 0. The monoisotopic (exact) mass is 419 g/mol. The lowest BCUT2D eigenvalue weighted by Gasteiger charge is -2.21. The number of anilines is 1. The third-order valence-corrected chi connectivity index (χ3v) is 5.20. The van der Waals surface area contributed by atoms with E-state index in [4.69, 9.17) is 12.2 Å². The van der Waals surface area contributed by atoms with Crippen LogP contribution in [0.5, 0.6) is 0 Å². The summed E-state index contributed by atoms with van der Waals surface area (Å²) in [5, 5.41) is 7.06. The maximum absolute atomic E-state index is 11.2. The van der Waals surface area contributed by atoms with E-state index >= 15 is 0 Å². The molecule has 0 unspecified atom stereocenters. The van der Waals surface area contributed by atoms with Gasteiger partial charge < -0.3 is 10.6 Å². The number of rotatable bonds is 6. The first-order valence-corrected chi connectivity index (χ1v) is 11.5. The van der Waals surface area contributed by atoms with Crippen molar-refractivity contribution in [1.82, 2.24) is 10.6 Å². The molecular weight excluding hydrogens is 390 g/mol. The van der Waals surface area contributed by atoms with E-state index in [-0.39, 0.29) is 11.5 Å². The quantitative estimate of drug-likeness (QED) is 0.616. The van der Waals surface area contributed by atoms with Crippen molar-refractivity contribution in [2.24, 2.45) is 0 Å². The minimum absolute atomic E-state index is 0.0929. The van der Waals surface area contributed by atoms with E-state index < -0.39 is 10.0 Å². The molecule has 0 saturated carbocycles. The highest BCUT2D eigenvalue weighted by Gasteiger charge is 2.14. The summed E-state index contributed by atoms with van der Waals surface area (Å²) >= 11 is 5.40. The van der Waals surface area contributed by atoms with Crippen molar-refractivity contribution < 1.29 is 8.42 Å². The Labute approximate surface area is 174 Å². The number of sulfonamides is 1. The van der Waals surface area contributed by atoms with Gasteiger partial charge in [-0.15, -0.1) is 0 Å². The van der Waals surface area contributed by atoms with Crippen molar-refractivity contribution in [3.8, 4) is 0 Å². The largest absolute Gasteiger partial charge is 0.359 e. The summed E-state index contributed by atoms with van der Waals surface area (Å²) < 4.78 is 24.9. The van der Waals surface area contributed by atoms with E-state index in [2.05, 4.69) is 67.3 Å². The summed E-state index contributed by atoms with van der Waals surface area (Å²) in [6.45, 7) is 9.23. The van der Waals surface area contributed by atoms with Crippen LogP contribution in [-0.4, -0.2) is 19.8 Å². The van der Waals surface area contributed by atoms with Gasteiger partial charge in [-0.2, -0.15) is 0 Å². The van der Waals surface area contributed by atoms with Gasteiger partial charge in [0.05, 0.1) is 12.3 Å². The van der Waals surface area contributed by atoms with E-state index in [1.807, 2.05) is 12.1 Å². The standard InChI is InChI=1S/C21H29N3O2S2/c1-15(17-8-10-18(11-9-17)21(2,3)4)23-20(27)22-14-16-6-12-19(13-7-16)24-28(5,25)26/h6-13,15,24H,14H2,1-5H3,(H2,22,23,27)/t15-/m1/s1. The molecule has 0 bridgehead atoms. The second kappa shape index (κ2) is 8.92. The summed E-state index contributed by atoms with van der Waals surface area (Å²) in [5.74, 6) is 0. The molecule has 5 nitrogen and oxygen atoms in total. The van der Waals surface area contributed by atoms with Gasteiger partial charge in [0.15, 0.2) is 5.11 Å². The molecule has 1 atom stereocenters. The van der Waals surface area contributed by atoms with E-state index in [1.165, 1.54) is 11.1 Å². The van der Waals surface area contributed by atoms with Crippen LogP contribution in [0.4, 0.5) is 5.69 Å². The van der Waals surface area contributed by atoms with Crippen molar-refractivity contribution in [3.05, 3.63) is 65.2 Å². The summed E-state index contributed by atoms with van der Waals surface area (Å²) in [5.41, 5.74) is 4.16. The van der Waals surface area contributed by atoms with Crippen LogP contribution in [0.2, 0.25) is 0 Å². The zero-order valence-electron chi connectivity index (χ0n) is 17.0. The molecule has 0 fully saturated rings. The molecule has 0 aliphatic carbocycles. The first-order chi connectivity index (χ1) is 12.9. The van der Waals surface area contributed by atoms with Crippen LogP contribution < -0.4 is 15.4 Å². The Morgan fingerprint density at radius 1 is 1.04 bits per heavy atom. The van der Waals surface area contributed by atoms with Gasteiger partial charge in [0.25, 0.3) is 0 Å². The van der Waals surface area contributed by atoms with Crippen molar-refractivity contribution in [2.45, 2.75) is 45.7 Å². The minimum Gasteiger partial charge on any atom is -0.359 e. The van der Waals surface area contributed by atoms with Crippen molar-refractivity contribution in [3.63, 3.8) is 0 Å². The highest BCUT2D eigenvalue weighted by molar-refractivity contribution is 7.92. The molecule has 0 aliphatic rings. The van der Waals surface area contributed by atoms with Gasteiger partial charge in [-0.25, -0.2) is 8.42 Å². The van der Waals surface area contributed by atoms with Crippen LogP contribution in [0.1, 0.15) is 50.4 Å². The van der Waals surface area contributed by atoms with Crippen molar-refractivity contribution >= 4 is 33.0 Å². The molecule has 152 valence electrons. The molecule has 0 amide bonds. The maximum atomic E-state index is 11.2. The van der Waals surface area contributed by atoms with E-state index in [1.54, 1.807) is 12.1 Å². The van der Waals surface area contributed by atoms with Crippen LogP contribution in [-0.2, 0) is 22.0 Å². The predicted octanol–water partition coefficient (Wildman–Crippen LogP) is 4.08. The third kappa shape index (κ3) is 7.13. The molecule has 0 spiro atoms. The molecule has 2 aromatic rings. The fourth-order valence-electron chi connectivity index (χ4n) is 2.69. The van der Waals surface area contributed by atoms with Gasteiger partial charge in [-0.05, 0) is 53.4 Å². The van der Waals surface area contributed by atoms with Gasteiger partial charge in [0.2, 0.25) is 10.0 Å². The topological polar surface area (TPSA) is 70.2 Å². The molecule has 2 rings (SSSR count). The number of hydrogen-bond donors (Lipinski definition) is 3. The molecule has 7 heteroatoms. The summed E-state index contributed by atoms with van der Waals surface area (Å²) in [6.07, 6.45) is 1.13. The molecule has 0 aliphatic heterocycles. The van der Waals surface area contributed by atoms with Crippen LogP contribution >= 0.6 is 12.2 Å². The Morgan fingerprint density at radius 3 is 2.11 bits per heavy atom. The van der Waals surface area contributed by atoms with Crippen molar-refractivity contribution in [1.29, 1.82) is 0 Å². The van der Waals surface area contributed by atoms with Crippen LogP contribution in [0.3, 0.4) is 0 Å². The van der Waals surface area contributed by atoms with Crippen LogP contribution in [0.25, 0.3) is 0 Å². The van der Waals surface area contributed by atoms with Gasteiger partial charge in [-0.3, -0.25) is 4.72 Å². The average molecular weight is 420 g/mol. The lowest BCUT2D eigenvalue weighted by atomic mass is 9.86. The SMILES string of the molecule is C[C@@H](NC(=S)NCc1ccc(NS(C)(=O)=O)cc1)c1ccc(C(C)(C)C)cc1. The average Bonchev–Trinajstić information content (AvgIpc) is 2.59. The van der Waals surface area contributed by atoms with E-state index in [0.717, 1.165) is 11.8 Å². The Kier molecular flexibility index (Phi) is 7.06. The molecule has 2 aromatic carbocycles. The smallest absolute Gasteiger partial charge is 0.229 e. The number of hydrogen-bond acceptors (Lipinski definition) is 3. The second-order valence-electron chi connectivity index (χ2n) is 7.99. The molecule has 0 heterocycles. The first-order valence-electron chi connectivity index (χ1n) is 9.15. The lowest BCUT2D eigenvalue weighted by Crippen LogP contribution is -2.36. The van der Waals surface area contributed by atoms with Gasteiger partial charge in [0.1, 0.15) is 0 Å². The minimum atomic E-state index is -3.26. The Morgan fingerprint density at radius 2 is 1.61 bits per heavy atom. The summed E-state index contributed by atoms with van der Waals surface area (Å²) in [7, 11) is -3.26. The highest BCUT2D eigenvalue weighted by atomic mass is 32.2. The normalized spacial score (nSPS) is 12.9. The summed E-state index contributed by atoms with van der Waals surface area (Å²) in [6, 6.07) is 15.9. The predicted molar refractivity (Wildman–Crippen MR) is 121 cm³/mol. The fourth-order valence-corrected chi connectivity index (χ4v) is 3.50. The maximum Gasteiger partial charge on any atom is 0.229 e. The molecule has 0 aromatic heterocycles. The molecule has 28 heavy (non-hydrogen) atoms. The molecule has 3 N–H and O–H groups in total. The van der Waals surface area contributed by atoms with Gasteiger partial charge in [-0.1, -0.05) is 57.2 Å². The van der Waals surface area contributed by atoms with Crippen LogP contribution in [0, 0.1) is 0 Å². The molecular formula is C21H29N3O2S2. The van der Waals surface area contributed by atoms with Crippen molar-refractivity contribution in [2.75, 3.05) is 11.0 Å². The zero-order valence-corrected chi connectivity index (χ0v) is 18.7. The second-order valence-corrected chi connectivity index (χ2v) is 10.1. The number of thiocarbonyl (C=S) groups is 1. The Balaban J connectivity index is 1.86. The van der Waals surface area contributed by atoms with E-state index in [9.17, 15) is 8.42 Å². The lowest BCUT2D eigenvalue weighted by molar-refractivity contribution is 0.589. The third-order valence-electron chi connectivity index (χ3n) is 4.33. The Bertz CT molecular complexity index is 900. The highest BCUT2D eigenvalue weighted by Crippen LogP contribution is 2.23. The number of nitrogens with one attached hydrogen (secondary N) is 3. The van der Waals surface area contributed by atoms with E-state index in [0.29, 0.717) is 17.3 Å². The van der Waals surface area contributed by atoms with Gasteiger partial charge >= 0.3 is 0 Å². The van der Waals surface area contributed by atoms with Crippen LogP contribution in [0.15, 0.2) is 48.5 Å². The first kappa shape index (κ1) is 22.2. The fraction of sp³-hybridized carbons (Fsp3) is 0.381. The molecule has 0 saturated heterocycles. The zero-order chi connectivity index (χ0) is 20.9. The van der Waals surface area contributed by atoms with Gasteiger partial charge in [0, 0.05) is 12.2 Å². The number of benzene rings is 2. The molecule has 0 radical (unpaired) electrons. The Hall–Kier alpha value is -2.12.